The summed E-state index contributed by atoms with van der Waals surface area (Å²) < 4.78 is 0. The summed E-state index contributed by atoms with van der Waals surface area (Å²) in [6.45, 7) is 7.01. The van der Waals surface area contributed by atoms with Crippen LogP contribution in [0.2, 0.25) is 0 Å². The molecule has 0 radical (unpaired) electrons. The maximum Gasteiger partial charge on any atom is 0.0836 e. The molecule has 0 aromatic heterocycles. The molecule has 2 heteroatoms. The first kappa shape index (κ1) is 10.6. The molecular formula is C9H19NO. The van der Waals surface area contributed by atoms with Gasteiger partial charge >= 0.3 is 0 Å². The highest BCUT2D eigenvalue weighted by Gasteiger charge is 2.07. The predicted octanol–water partition coefficient (Wildman–Crippen LogP) is 3.22. The van der Waals surface area contributed by atoms with Crippen LogP contribution in [0, 0.1) is 16.7 Å². The van der Waals surface area contributed by atoms with Gasteiger partial charge in [-0.25, -0.2) is 0 Å². The van der Waals surface area contributed by atoms with Gasteiger partial charge < -0.3 is 0 Å². The second kappa shape index (κ2) is 6.32. The molecule has 0 aliphatic rings. The third kappa shape index (κ3) is 6.02. The fourth-order valence-electron chi connectivity index (χ4n) is 1.50. The van der Waals surface area contributed by atoms with E-state index in [2.05, 4.69) is 25.9 Å². The number of hydrogen-bond acceptors (Lipinski definition) is 2. The van der Waals surface area contributed by atoms with Gasteiger partial charge in [0.25, 0.3) is 0 Å². The van der Waals surface area contributed by atoms with E-state index in [4.69, 9.17) is 0 Å². The first-order chi connectivity index (χ1) is 5.20. The smallest absolute Gasteiger partial charge is 0.0836 e. The zero-order chi connectivity index (χ0) is 8.69. The Labute approximate surface area is 69.4 Å². The number of rotatable bonds is 6. The Balaban J connectivity index is 3.39. The summed E-state index contributed by atoms with van der Waals surface area (Å²) in [5, 5.41) is 2.90. The van der Waals surface area contributed by atoms with E-state index in [1.807, 2.05) is 0 Å². The van der Waals surface area contributed by atoms with E-state index in [-0.39, 0.29) is 0 Å². The van der Waals surface area contributed by atoms with E-state index in [9.17, 15) is 4.91 Å². The molecule has 2 atom stereocenters. The maximum absolute atomic E-state index is 9.90. The molecule has 0 N–H and O–H groups in total. The van der Waals surface area contributed by atoms with E-state index in [1.165, 1.54) is 12.8 Å². The number of nitrogens with zero attached hydrogens (tertiary/aromatic N) is 1. The summed E-state index contributed by atoms with van der Waals surface area (Å²) in [6, 6.07) is 0. The molecule has 11 heavy (non-hydrogen) atoms. The van der Waals surface area contributed by atoms with E-state index >= 15 is 0 Å². The van der Waals surface area contributed by atoms with Gasteiger partial charge in [0, 0.05) is 0 Å². The van der Waals surface area contributed by atoms with Crippen molar-refractivity contribution in [1.29, 1.82) is 0 Å². The lowest BCUT2D eigenvalue weighted by Crippen LogP contribution is -2.05. The third-order valence-electron chi connectivity index (χ3n) is 1.97. The van der Waals surface area contributed by atoms with Crippen LogP contribution in [0.5, 0.6) is 0 Å². The van der Waals surface area contributed by atoms with Gasteiger partial charge in [-0.1, -0.05) is 38.8 Å². The van der Waals surface area contributed by atoms with Crippen molar-refractivity contribution in [3.8, 4) is 0 Å². The van der Waals surface area contributed by atoms with Crippen LogP contribution in [0.4, 0.5) is 0 Å². The zero-order valence-corrected chi connectivity index (χ0v) is 7.84. The summed E-state index contributed by atoms with van der Waals surface area (Å²) in [5.74, 6) is 1.21. The Morgan fingerprint density at radius 1 is 1.27 bits per heavy atom. The molecule has 0 rings (SSSR count). The lowest BCUT2D eigenvalue weighted by atomic mass is 9.94. The van der Waals surface area contributed by atoms with Crippen LogP contribution >= 0.6 is 0 Å². The van der Waals surface area contributed by atoms with Crippen LogP contribution in [-0.2, 0) is 0 Å². The monoisotopic (exact) mass is 157 g/mol. The molecule has 0 aromatic rings. The fourth-order valence-corrected chi connectivity index (χ4v) is 1.50. The van der Waals surface area contributed by atoms with Gasteiger partial charge in [-0.2, -0.15) is 4.91 Å². The summed E-state index contributed by atoms with van der Waals surface area (Å²) >= 11 is 0. The minimum Gasteiger partial charge on any atom is -0.151 e. The molecular weight excluding hydrogens is 138 g/mol. The molecule has 2 unspecified atom stereocenters. The van der Waals surface area contributed by atoms with E-state index < -0.39 is 0 Å². The van der Waals surface area contributed by atoms with Crippen molar-refractivity contribution >= 4 is 0 Å². The van der Waals surface area contributed by atoms with Gasteiger partial charge in [0.15, 0.2) is 0 Å². The molecule has 0 saturated carbocycles. The molecule has 66 valence electrons. The molecule has 0 fully saturated rings. The maximum atomic E-state index is 9.90. The lowest BCUT2D eigenvalue weighted by Gasteiger charge is -2.13. The predicted molar refractivity (Wildman–Crippen MR) is 48.5 cm³/mol. The minimum absolute atomic E-state index is 0.467. The normalized spacial score (nSPS) is 15.9. The van der Waals surface area contributed by atoms with Crippen LogP contribution in [0.15, 0.2) is 5.18 Å². The van der Waals surface area contributed by atoms with Crippen LogP contribution < -0.4 is 0 Å². The van der Waals surface area contributed by atoms with Gasteiger partial charge in [0.2, 0.25) is 0 Å². The first-order valence-corrected chi connectivity index (χ1v) is 4.49. The van der Waals surface area contributed by atoms with Crippen molar-refractivity contribution in [1.82, 2.24) is 0 Å². The van der Waals surface area contributed by atoms with Crippen molar-refractivity contribution in [3.05, 3.63) is 4.91 Å². The van der Waals surface area contributed by atoms with E-state index in [0.29, 0.717) is 12.5 Å². The average Bonchev–Trinajstić information content (AvgIpc) is 1.87. The molecule has 0 aliphatic carbocycles. The van der Waals surface area contributed by atoms with E-state index in [1.54, 1.807) is 0 Å². The van der Waals surface area contributed by atoms with Gasteiger partial charge in [-0.3, -0.25) is 0 Å². The molecule has 0 amide bonds. The quantitative estimate of drug-likeness (QED) is 0.544. The second-order valence-electron chi connectivity index (χ2n) is 3.55. The standard InChI is InChI=1S/C9H19NO/c1-4-5-8(2)6-9(3)7-10-11/h8-9H,4-7H2,1-3H3. The Morgan fingerprint density at radius 2 is 1.91 bits per heavy atom. The molecule has 0 saturated heterocycles. The Kier molecular flexibility index (Phi) is 6.09. The van der Waals surface area contributed by atoms with Crippen molar-refractivity contribution in [2.24, 2.45) is 17.0 Å². The van der Waals surface area contributed by atoms with Crippen molar-refractivity contribution in [2.75, 3.05) is 6.54 Å². The molecule has 0 aromatic carbocycles. The summed E-state index contributed by atoms with van der Waals surface area (Å²) in [4.78, 5) is 9.90. The topological polar surface area (TPSA) is 29.4 Å². The average molecular weight is 157 g/mol. The second-order valence-corrected chi connectivity index (χ2v) is 3.55. The molecule has 0 heterocycles. The van der Waals surface area contributed by atoms with Gasteiger partial charge in [-0.15, -0.1) is 0 Å². The zero-order valence-electron chi connectivity index (χ0n) is 7.84. The largest absolute Gasteiger partial charge is 0.151 e. The third-order valence-corrected chi connectivity index (χ3v) is 1.97. The van der Waals surface area contributed by atoms with E-state index in [0.717, 1.165) is 12.3 Å². The first-order valence-electron chi connectivity index (χ1n) is 4.49. The molecule has 0 aliphatic heterocycles. The fraction of sp³-hybridized carbons (Fsp3) is 1.00. The van der Waals surface area contributed by atoms with Crippen molar-refractivity contribution < 1.29 is 0 Å². The van der Waals surface area contributed by atoms with Crippen LogP contribution in [0.1, 0.15) is 40.0 Å². The van der Waals surface area contributed by atoms with Gasteiger partial charge in [0.05, 0.1) is 6.54 Å². The highest BCUT2D eigenvalue weighted by Crippen LogP contribution is 2.16. The highest BCUT2D eigenvalue weighted by atomic mass is 16.3. The van der Waals surface area contributed by atoms with Crippen LogP contribution in [-0.4, -0.2) is 6.54 Å². The van der Waals surface area contributed by atoms with Crippen molar-refractivity contribution in [2.45, 2.75) is 40.0 Å². The van der Waals surface area contributed by atoms with Crippen LogP contribution in [0.25, 0.3) is 0 Å². The Hall–Kier alpha value is -0.400. The van der Waals surface area contributed by atoms with Crippen LogP contribution in [0.3, 0.4) is 0 Å². The van der Waals surface area contributed by atoms with Gasteiger partial charge in [0.1, 0.15) is 0 Å². The minimum atomic E-state index is 0.467. The number of nitroso groups, excluding NO2 is 1. The van der Waals surface area contributed by atoms with Gasteiger partial charge in [-0.05, 0) is 18.3 Å². The lowest BCUT2D eigenvalue weighted by molar-refractivity contribution is 0.397. The SMILES string of the molecule is CCCC(C)CC(C)CN=O. The summed E-state index contributed by atoms with van der Waals surface area (Å²) in [6.07, 6.45) is 3.64. The summed E-state index contributed by atoms with van der Waals surface area (Å²) in [7, 11) is 0. The summed E-state index contributed by atoms with van der Waals surface area (Å²) in [5.41, 5.74) is 0. The molecule has 2 nitrogen and oxygen atoms in total. The number of hydrogen-bond donors (Lipinski definition) is 0. The van der Waals surface area contributed by atoms with Crippen molar-refractivity contribution in [3.63, 3.8) is 0 Å². The highest BCUT2D eigenvalue weighted by molar-refractivity contribution is 4.60. The molecule has 0 bridgehead atoms. The molecule has 0 spiro atoms. The Morgan fingerprint density at radius 3 is 2.36 bits per heavy atom. The Bertz CT molecular complexity index is 104.